The molecule has 0 aliphatic heterocycles. The summed E-state index contributed by atoms with van der Waals surface area (Å²) >= 11 is 0. The molecular weight excluding hydrogens is 270 g/mol. The van der Waals surface area contributed by atoms with E-state index in [1.807, 2.05) is 26.8 Å². The Morgan fingerprint density at radius 3 is 2.57 bits per heavy atom. The molecule has 0 aliphatic carbocycles. The first-order chi connectivity index (χ1) is 9.71. The van der Waals surface area contributed by atoms with Crippen LogP contribution in [0.15, 0.2) is 24.3 Å². The Morgan fingerprint density at radius 1 is 1.33 bits per heavy atom. The lowest BCUT2D eigenvalue weighted by Gasteiger charge is -2.21. The van der Waals surface area contributed by atoms with E-state index in [9.17, 15) is 9.59 Å². The topological polar surface area (TPSA) is 91.2 Å². The van der Waals surface area contributed by atoms with E-state index in [0.717, 1.165) is 0 Å². The molecule has 1 aromatic carbocycles. The highest BCUT2D eigenvalue weighted by Gasteiger charge is 2.20. The van der Waals surface area contributed by atoms with Crippen molar-refractivity contribution in [1.29, 1.82) is 5.26 Å². The van der Waals surface area contributed by atoms with E-state index in [2.05, 4.69) is 10.6 Å². The zero-order chi connectivity index (χ0) is 16.0. The molecule has 0 radical (unpaired) electrons. The fourth-order valence-electron chi connectivity index (χ4n) is 1.48. The summed E-state index contributed by atoms with van der Waals surface area (Å²) in [6.45, 7) is 6.96. The van der Waals surface area contributed by atoms with Gasteiger partial charge in [0, 0.05) is 5.54 Å². The fourth-order valence-corrected chi connectivity index (χ4v) is 1.48. The summed E-state index contributed by atoms with van der Waals surface area (Å²) in [6, 6.07) is 7.86. The quantitative estimate of drug-likeness (QED) is 0.889. The maximum absolute atomic E-state index is 11.8. The second-order valence-electron chi connectivity index (χ2n) is 5.59. The fraction of sp³-hybridized carbons (Fsp3) is 0.400. The van der Waals surface area contributed by atoms with Crippen LogP contribution >= 0.6 is 0 Å². The van der Waals surface area contributed by atoms with Crippen LogP contribution in [0.25, 0.3) is 0 Å². The Bertz CT molecular complexity index is 570. The minimum atomic E-state index is -0.857. The van der Waals surface area contributed by atoms with Crippen molar-refractivity contribution in [3.63, 3.8) is 0 Å². The Balaban J connectivity index is 2.59. The SMILES string of the molecule is C[C@H](Oc1cccc(C#N)c1)C(=O)NC(=O)NC(C)(C)C. The third kappa shape index (κ3) is 5.95. The summed E-state index contributed by atoms with van der Waals surface area (Å²) in [5.41, 5.74) is 0.000791. The van der Waals surface area contributed by atoms with Crippen LogP contribution in [0.3, 0.4) is 0 Å². The Labute approximate surface area is 124 Å². The molecule has 0 heterocycles. The molecule has 0 aliphatic rings. The van der Waals surface area contributed by atoms with Crippen molar-refractivity contribution in [2.45, 2.75) is 39.3 Å². The van der Waals surface area contributed by atoms with E-state index in [4.69, 9.17) is 10.00 Å². The molecule has 1 aromatic rings. The van der Waals surface area contributed by atoms with Crippen LogP contribution in [-0.4, -0.2) is 23.6 Å². The van der Waals surface area contributed by atoms with Crippen molar-refractivity contribution in [2.75, 3.05) is 0 Å². The monoisotopic (exact) mass is 289 g/mol. The second kappa shape index (κ2) is 6.75. The summed E-state index contributed by atoms with van der Waals surface area (Å²) in [6.07, 6.45) is -0.857. The molecule has 0 unspecified atom stereocenters. The predicted octanol–water partition coefficient (Wildman–Crippen LogP) is 1.95. The largest absolute Gasteiger partial charge is 0.481 e. The third-order valence-electron chi connectivity index (χ3n) is 2.37. The highest BCUT2D eigenvalue weighted by atomic mass is 16.5. The number of urea groups is 1. The van der Waals surface area contributed by atoms with Crippen LogP contribution in [0, 0.1) is 11.3 Å². The molecule has 0 bridgehead atoms. The molecule has 0 fully saturated rings. The van der Waals surface area contributed by atoms with Crippen molar-refractivity contribution in [1.82, 2.24) is 10.6 Å². The average Bonchev–Trinajstić information content (AvgIpc) is 2.36. The molecule has 3 amide bonds. The molecule has 6 nitrogen and oxygen atoms in total. The zero-order valence-corrected chi connectivity index (χ0v) is 12.6. The Kier molecular flexibility index (Phi) is 5.30. The summed E-state index contributed by atoms with van der Waals surface area (Å²) in [4.78, 5) is 23.4. The van der Waals surface area contributed by atoms with Gasteiger partial charge in [0.05, 0.1) is 11.6 Å². The number of amides is 3. The van der Waals surface area contributed by atoms with Gasteiger partial charge in [-0.3, -0.25) is 10.1 Å². The van der Waals surface area contributed by atoms with Gasteiger partial charge < -0.3 is 10.1 Å². The molecular formula is C15H19N3O3. The van der Waals surface area contributed by atoms with E-state index in [1.165, 1.54) is 13.0 Å². The molecule has 1 atom stereocenters. The van der Waals surface area contributed by atoms with Crippen molar-refractivity contribution >= 4 is 11.9 Å². The number of nitrogens with one attached hydrogen (secondary N) is 2. The van der Waals surface area contributed by atoms with Crippen LogP contribution in [0.4, 0.5) is 4.79 Å². The number of nitriles is 1. The van der Waals surface area contributed by atoms with E-state index >= 15 is 0 Å². The average molecular weight is 289 g/mol. The normalized spacial score (nSPS) is 12.0. The molecule has 0 saturated carbocycles. The van der Waals surface area contributed by atoms with Gasteiger partial charge in [0.15, 0.2) is 6.10 Å². The van der Waals surface area contributed by atoms with E-state index < -0.39 is 23.6 Å². The van der Waals surface area contributed by atoms with Gasteiger partial charge >= 0.3 is 6.03 Å². The molecule has 21 heavy (non-hydrogen) atoms. The lowest BCUT2D eigenvalue weighted by Crippen LogP contribution is -2.50. The number of hydrogen-bond acceptors (Lipinski definition) is 4. The number of benzene rings is 1. The number of nitrogens with zero attached hydrogens (tertiary/aromatic N) is 1. The standard InChI is InChI=1S/C15H19N3O3/c1-10(13(19)17-14(20)18-15(2,3)4)21-12-7-5-6-11(8-12)9-16/h5-8,10H,1-4H3,(H2,17,18,19,20)/t10-/m0/s1. The van der Waals surface area contributed by atoms with Crippen LogP contribution < -0.4 is 15.4 Å². The van der Waals surface area contributed by atoms with E-state index in [1.54, 1.807) is 18.2 Å². The maximum Gasteiger partial charge on any atom is 0.321 e. The van der Waals surface area contributed by atoms with E-state index in [-0.39, 0.29) is 0 Å². The van der Waals surface area contributed by atoms with Gasteiger partial charge in [0.25, 0.3) is 5.91 Å². The minimum Gasteiger partial charge on any atom is -0.481 e. The number of carbonyl (C=O) groups excluding carboxylic acids is 2. The van der Waals surface area contributed by atoms with Gasteiger partial charge in [-0.2, -0.15) is 5.26 Å². The first-order valence-electron chi connectivity index (χ1n) is 6.51. The summed E-state index contributed by atoms with van der Waals surface area (Å²) in [5, 5.41) is 13.6. The molecule has 6 heteroatoms. The number of imide groups is 1. The summed E-state index contributed by atoms with van der Waals surface area (Å²) in [7, 11) is 0. The molecule has 2 N–H and O–H groups in total. The van der Waals surface area contributed by atoms with Gasteiger partial charge in [-0.15, -0.1) is 0 Å². The van der Waals surface area contributed by atoms with Crippen molar-refractivity contribution in [2.24, 2.45) is 0 Å². The first-order valence-corrected chi connectivity index (χ1v) is 6.51. The minimum absolute atomic E-state index is 0.396. The number of carbonyl (C=O) groups is 2. The van der Waals surface area contributed by atoms with Gasteiger partial charge in [0.1, 0.15) is 5.75 Å². The molecule has 1 rings (SSSR count). The lowest BCUT2D eigenvalue weighted by atomic mass is 10.1. The van der Waals surface area contributed by atoms with Gasteiger partial charge in [0.2, 0.25) is 0 Å². The highest BCUT2D eigenvalue weighted by Crippen LogP contribution is 2.14. The molecule has 0 saturated heterocycles. The first kappa shape index (κ1) is 16.5. The molecule has 0 aromatic heterocycles. The lowest BCUT2D eigenvalue weighted by molar-refractivity contribution is -0.126. The second-order valence-corrected chi connectivity index (χ2v) is 5.59. The van der Waals surface area contributed by atoms with Crippen LogP contribution in [0.2, 0.25) is 0 Å². The smallest absolute Gasteiger partial charge is 0.321 e. The van der Waals surface area contributed by atoms with Crippen molar-refractivity contribution < 1.29 is 14.3 Å². The van der Waals surface area contributed by atoms with Crippen LogP contribution in [-0.2, 0) is 4.79 Å². The molecule has 0 spiro atoms. The summed E-state index contributed by atoms with van der Waals surface area (Å²) in [5.74, 6) is -0.160. The van der Waals surface area contributed by atoms with E-state index in [0.29, 0.717) is 11.3 Å². The Hall–Kier alpha value is -2.55. The zero-order valence-electron chi connectivity index (χ0n) is 12.6. The summed E-state index contributed by atoms with van der Waals surface area (Å²) < 4.78 is 5.41. The van der Waals surface area contributed by atoms with Gasteiger partial charge in [-0.25, -0.2) is 4.79 Å². The molecule has 112 valence electrons. The van der Waals surface area contributed by atoms with Gasteiger partial charge in [-0.1, -0.05) is 6.07 Å². The third-order valence-corrected chi connectivity index (χ3v) is 2.37. The van der Waals surface area contributed by atoms with Crippen molar-refractivity contribution in [3.8, 4) is 11.8 Å². The maximum atomic E-state index is 11.8. The highest BCUT2D eigenvalue weighted by molar-refractivity contribution is 5.96. The Morgan fingerprint density at radius 2 is 2.00 bits per heavy atom. The predicted molar refractivity (Wildman–Crippen MR) is 77.7 cm³/mol. The van der Waals surface area contributed by atoms with Crippen LogP contribution in [0.1, 0.15) is 33.3 Å². The number of hydrogen-bond donors (Lipinski definition) is 2. The van der Waals surface area contributed by atoms with Gasteiger partial charge in [-0.05, 0) is 45.9 Å². The number of rotatable bonds is 3. The number of ether oxygens (including phenoxy) is 1. The van der Waals surface area contributed by atoms with Crippen LogP contribution in [0.5, 0.6) is 5.75 Å². The van der Waals surface area contributed by atoms with Crippen molar-refractivity contribution in [3.05, 3.63) is 29.8 Å².